The molecule has 0 aliphatic carbocycles. The maximum Gasteiger partial charge on any atom is 0.137 e. The fourth-order valence-corrected chi connectivity index (χ4v) is 2.00. The Morgan fingerprint density at radius 1 is 1.30 bits per heavy atom. The van der Waals surface area contributed by atoms with Gasteiger partial charge in [0.15, 0.2) is 0 Å². The Morgan fingerprint density at radius 2 is 2.15 bits per heavy atom. The summed E-state index contributed by atoms with van der Waals surface area (Å²) in [6, 6.07) is 8.53. The van der Waals surface area contributed by atoms with E-state index in [0.717, 1.165) is 24.3 Å². The Labute approximate surface area is 126 Å². The number of benzene rings is 1. The fraction of sp³-hybridized carbons (Fsp3) is 0.267. The van der Waals surface area contributed by atoms with Crippen LogP contribution in [0.4, 0.5) is 4.39 Å². The molecule has 0 amide bonds. The molecule has 2 aromatic rings. The monoisotopic (exact) mass is 338 g/mol. The molecule has 1 heterocycles. The van der Waals surface area contributed by atoms with Crippen molar-refractivity contribution in [2.75, 3.05) is 6.54 Å². The van der Waals surface area contributed by atoms with Gasteiger partial charge in [0, 0.05) is 12.7 Å². The van der Waals surface area contributed by atoms with Gasteiger partial charge >= 0.3 is 0 Å². The summed E-state index contributed by atoms with van der Waals surface area (Å²) in [6.45, 7) is 4.18. The molecule has 0 fully saturated rings. The summed E-state index contributed by atoms with van der Waals surface area (Å²) in [7, 11) is 0. The number of hydrogen-bond donors (Lipinski definition) is 1. The van der Waals surface area contributed by atoms with Crippen LogP contribution in [-0.4, -0.2) is 11.5 Å². The highest BCUT2D eigenvalue weighted by atomic mass is 79.9. The van der Waals surface area contributed by atoms with Crippen LogP contribution >= 0.6 is 15.9 Å². The molecular formula is C15H16BrFN2O. The molecule has 0 radical (unpaired) electrons. The van der Waals surface area contributed by atoms with Crippen LogP contribution in [0, 0.1) is 5.82 Å². The highest BCUT2D eigenvalue weighted by Crippen LogP contribution is 2.22. The van der Waals surface area contributed by atoms with Gasteiger partial charge in [-0.25, -0.2) is 4.39 Å². The number of ether oxygens (including phenoxy) is 1. The molecule has 0 unspecified atom stereocenters. The fourth-order valence-electron chi connectivity index (χ4n) is 1.64. The lowest BCUT2D eigenvalue weighted by molar-refractivity contribution is 0.300. The molecule has 0 aliphatic rings. The Bertz CT molecular complexity index is 560. The van der Waals surface area contributed by atoms with E-state index in [2.05, 4.69) is 33.2 Å². The molecule has 0 aliphatic heterocycles. The standard InChI is InChI=1S/C15H16BrFN2O/c1-2-18-8-11-3-4-12(19-9-11)10-20-13-5-6-15(17)14(16)7-13/h3-7,9,18H,2,8,10H2,1H3. The first-order valence-corrected chi connectivity index (χ1v) is 7.20. The summed E-state index contributed by atoms with van der Waals surface area (Å²) in [4.78, 5) is 4.34. The van der Waals surface area contributed by atoms with Crippen molar-refractivity contribution >= 4 is 15.9 Å². The van der Waals surface area contributed by atoms with Gasteiger partial charge in [0.05, 0.1) is 10.2 Å². The highest BCUT2D eigenvalue weighted by molar-refractivity contribution is 9.10. The second kappa shape index (κ2) is 7.36. The van der Waals surface area contributed by atoms with E-state index >= 15 is 0 Å². The van der Waals surface area contributed by atoms with Gasteiger partial charge in [-0.1, -0.05) is 13.0 Å². The predicted octanol–water partition coefficient (Wildman–Crippen LogP) is 3.67. The molecule has 1 aromatic heterocycles. The van der Waals surface area contributed by atoms with E-state index in [1.165, 1.54) is 6.07 Å². The number of aromatic nitrogens is 1. The van der Waals surface area contributed by atoms with E-state index in [-0.39, 0.29) is 5.82 Å². The first-order chi connectivity index (χ1) is 9.69. The van der Waals surface area contributed by atoms with Gasteiger partial charge in [-0.2, -0.15) is 0 Å². The summed E-state index contributed by atoms with van der Waals surface area (Å²) in [6.07, 6.45) is 1.84. The Kier molecular flexibility index (Phi) is 5.49. The van der Waals surface area contributed by atoms with Crippen molar-refractivity contribution in [2.45, 2.75) is 20.1 Å². The molecule has 2 rings (SSSR count). The number of nitrogens with zero attached hydrogens (tertiary/aromatic N) is 1. The van der Waals surface area contributed by atoms with Gasteiger partial charge in [-0.05, 0) is 52.3 Å². The third-order valence-electron chi connectivity index (χ3n) is 2.74. The average molecular weight is 339 g/mol. The van der Waals surface area contributed by atoms with Crippen molar-refractivity contribution in [1.29, 1.82) is 0 Å². The third kappa shape index (κ3) is 4.28. The van der Waals surface area contributed by atoms with Crippen molar-refractivity contribution in [3.05, 3.63) is 58.1 Å². The Hall–Kier alpha value is -1.46. The average Bonchev–Trinajstić information content (AvgIpc) is 2.47. The van der Waals surface area contributed by atoms with E-state index in [9.17, 15) is 4.39 Å². The van der Waals surface area contributed by atoms with Crippen LogP contribution < -0.4 is 10.1 Å². The molecule has 0 spiro atoms. The molecule has 0 bridgehead atoms. The first-order valence-electron chi connectivity index (χ1n) is 6.41. The van der Waals surface area contributed by atoms with Gasteiger partial charge in [-0.15, -0.1) is 0 Å². The lowest BCUT2D eigenvalue weighted by Crippen LogP contribution is -2.12. The second-order valence-electron chi connectivity index (χ2n) is 4.30. The van der Waals surface area contributed by atoms with Crippen LogP contribution in [0.25, 0.3) is 0 Å². The molecular weight excluding hydrogens is 323 g/mol. The number of halogens is 2. The number of rotatable bonds is 6. The molecule has 106 valence electrons. The van der Waals surface area contributed by atoms with E-state index in [1.54, 1.807) is 12.1 Å². The quantitative estimate of drug-likeness (QED) is 0.872. The summed E-state index contributed by atoms with van der Waals surface area (Å²) in [5.41, 5.74) is 1.98. The molecule has 0 saturated carbocycles. The molecule has 0 saturated heterocycles. The van der Waals surface area contributed by atoms with Crippen LogP contribution in [0.15, 0.2) is 41.0 Å². The summed E-state index contributed by atoms with van der Waals surface area (Å²) < 4.78 is 19.1. The van der Waals surface area contributed by atoms with Crippen LogP contribution in [-0.2, 0) is 13.2 Å². The molecule has 20 heavy (non-hydrogen) atoms. The number of nitrogens with one attached hydrogen (secondary N) is 1. The maximum atomic E-state index is 13.1. The lowest BCUT2D eigenvalue weighted by atomic mass is 10.2. The smallest absolute Gasteiger partial charge is 0.137 e. The van der Waals surface area contributed by atoms with Gasteiger partial charge in [0.25, 0.3) is 0 Å². The molecule has 0 atom stereocenters. The Balaban J connectivity index is 1.91. The second-order valence-corrected chi connectivity index (χ2v) is 5.16. The van der Waals surface area contributed by atoms with Crippen molar-refractivity contribution < 1.29 is 9.13 Å². The van der Waals surface area contributed by atoms with Gasteiger partial charge in [-0.3, -0.25) is 4.98 Å². The lowest BCUT2D eigenvalue weighted by Gasteiger charge is -2.07. The zero-order chi connectivity index (χ0) is 14.4. The van der Waals surface area contributed by atoms with Crippen LogP contribution in [0.2, 0.25) is 0 Å². The molecule has 5 heteroatoms. The number of hydrogen-bond acceptors (Lipinski definition) is 3. The molecule has 1 N–H and O–H groups in total. The topological polar surface area (TPSA) is 34.1 Å². The summed E-state index contributed by atoms with van der Waals surface area (Å²) in [5.74, 6) is 0.306. The van der Waals surface area contributed by atoms with Crippen LogP contribution in [0.3, 0.4) is 0 Å². The van der Waals surface area contributed by atoms with E-state index < -0.39 is 0 Å². The van der Waals surface area contributed by atoms with Crippen molar-refractivity contribution in [2.24, 2.45) is 0 Å². The Morgan fingerprint density at radius 3 is 2.80 bits per heavy atom. The van der Waals surface area contributed by atoms with Gasteiger partial charge < -0.3 is 10.1 Å². The maximum absolute atomic E-state index is 13.1. The van der Waals surface area contributed by atoms with Crippen molar-refractivity contribution in [1.82, 2.24) is 10.3 Å². The first kappa shape index (κ1) is 14.9. The van der Waals surface area contributed by atoms with Crippen LogP contribution in [0.5, 0.6) is 5.75 Å². The predicted molar refractivity (Wildman–Crippen MR) is 80.0 cm³/mol. The highest BCUT2D eigenvalue weighted by Gasteiger charge is 2.02. The van der Waals surface area contributed by atoms with E-state index in [4.69, 9.17) is 4.74 Å². The summed E-state index contributed by atoms with van der Waals surface area (Å²) in [5, 5.41) is 3.24. The van der Waals surface area contributed by atoms with Gasteiger partial charge in [0.2, 0.25) is 0 Å². The number of pyridine rings is 1. The van der Waals surface area contributed by atoms with E-state index in [1.807, 2.05) is 18.3 Å². The third-order valence-corrected chi connectivity index (χ3v) is 3.35. The van der Waals surface area contributed by atoms with Crippen molar-refractivity contribution in [3.63, 3.8) is 0 Å². The molecule has 3 nitrogen and oxygen atoms in total. The zero-order valence-electron chi connectivity index (χ0n) is 11.2. The minimum atomic E-state index is -0.303. The zero-order valence-corrected chi connectivity index (χ0v) is 12.8. The SMILES string of the molecule is CCNCc1ccc(COc2ccc(F)c(Br)c2)nc1. The normalized spacial score (nSPS) is 10.6. The summed E-state index contributed by atoms with van der Waals surface area (Å²) >= 11 is 3.13. The van der Waals surface area contributed by atoms with E-state index in [0.29, 0.717) is 16.8 Å². The minimum Gasteiger partial charge on any atom is -0.487 e. The van der Waals surface area contributed by atoms with Crippen LogP contribution in [0.1, 0.15) is 18.2 Å². The molecule has 1 aromatic carbocycles. The minimum absolute atomic E-state index is 0.303. The largest absolute Gasteiger partial charge is 0.487 e. The van der Waals surface area contributed by atoms with Gasteiger partial charge in [0.1, 0.15) is 18.2 Å². The van der Waals surface area contributed by atoms with Crippen molar-refractivity contribution in [3.8, 4) is 5.75 Å².